The maximum absolute atomic E-state index is 11.8. The van der Waals surface area contributed by atoms with Crippen LogP contribution >= 0.6 is 0 Å². The molecule has 1 atom stereocenters. The lowest BCUT2D eigenvalue weighted by Gasteiger charge is -2.22. The molecule has 1 aliphatic rings. The molecule has 18 heavy (non-hydrogen) atoms. The summed E-state index contributed by atoms with van der Waals surface area (Å²) in [4.78, 5) is 20.1. The molecule has 0 aliphatic carbocycles. The van der Waals surface area contributed by atoms with Crippen LogP contribution in [0.3, 0.4) is 0 Å². The van der Waals surface area contributed by atoms with Crippen molar-refractivity contribution in [2.24, 2.45) is 5.92 Å². The molecule has 0 aromatic carbocycles. The van der Waals surface area contributed by atoms with Crippen LogP contribution in [-0.4, -0.2) is 29.0 Å². The Balaban J connectivity index is 1.74. The molecule has 1 aromatic heterocycles. The van der Waals surface area contributed by atoms with Gasteiger partial charge in [-0.05, 0) is 44.8 Å². The molecule has 1 unspecified atom stereocenters. The topological polar surface area (TPSA) is 66.9 Å². The summed E-state index contributed by atoms with van der Waals surface area (Å²) in [5.74, 6) is 1.32. The number of rotatable bonds is 4. The summed E-state index contributed by atoms with van der Waals surface area (Å²) in [6.45, 7) is 4.37. The van der Waals surface area contributed by atoms with Crippen LogP contribution in [0.1, 0.15) is 30.8 Å². The molecule has 1 amide bonds. The Labute approximate surface area is 107 Å². The molecule has 98 valence electrons. The van der Waals surface area contributed by atoms with Crippen LogP contribution in [0.4, 0.5) is 0 Å². The van der Waals surface area contributed by atoms with Gasteiger partial charge in [-0.15, -0.1) is 0 Å². The van der Waals surface area contributed by atoms with E-state index in [1.54, 1.807) is 6.20 Å². The molecule has 0 saturated carbocycles. The molecule has 2 N–H and O–H groups in total. The molecule has 2 heterocycles. The molecular formula is C13H20N4O. The summed E-state index contributed by atoms with van der Waals surface area (Å²) < 4.78 is 0. The van der Waals surface area contributed by atoms with Crippen LogP contribution in [0.2, 0.25) is 0 Å². The highest BCUT2D eigenvalue weighted by Gasteiger charge is 2.16. The number of hydrogen-bond donors (Lipinski definition) is 2. The van der Waals surface area contributed by atoms with Crippen molar-refractivity contribution in [3.8, 4) is 0 Å². The number of nitrogens with zero attached hydrogens (tertiary/aromatic N) is 2. The van der Waals surface area contributed by atoms with Crippen LogP contribution in [0, 0.1) is 12.8 Å². The Bertz CT molecular complexity index is 402. The van der Waals surface area contributed by atoms with E-state index >= 15 is 0 Å². The summed E-state index contributed by atoms with van der Waals surface area (Å²) in [5, 5.41) is 6.24. The number of piperidine rings is 1. The lowest BCUT2D eigenvalue weighted by Crippen LogP contribution is -2.34. The number of carbonyl (C=O) groups excluding carboxylic acids is 1. The van der Waals surface area contributed by atoms with Crippen LogP contribution in [0.15, 0.2) is 12.3 Å². The van der Waals surface area contributed by atoms with Gasteiger partial charge in [-0.3, -0.25) is 4.79 Å². The van der Waals surface area contributed by atoms with E-state index in [1.807, 2.05) is 13.0 Å². The second-order valence-corrected chi connectivity index (χ2v) is 4.79. The fourth-order valence-corrected chi connectivity index (χ4v) is 2.23. The lowest BCUT2D eigenvalue weighted by atomic mass is 9.96. The van der Waals surface area contributed by atoms with Gasteiger partial charge in [0.15, 0.2) is 0 Å². The summed E-state index contributed by atoms with van der Waals surface area (Å²) in [6.07, 6.45) is 4.64. The van der Waals surface area contributed by atoms with Crippen molar-refractivity contribution >= 4 is 5.91 Å². The third-order valence-electron chi connectivity index (χ3n) is 3.17. The van der Waals surface area contributed by atoms with E-state index in [4.69, 9.17) is 0 Å². The number of hydrogen-bond acceptors (Lipinski definition) is 4. The van der Waals surface area contributed by atoms with Crippen molar-refractivity contribution in [2.45, 2.75) is 32.7 Å². The summed E-state index contributed by atoms with van der Waals surface area (Å²) in [6, 6.07) is 1.83. The molecule has 2 rings (SSSR count). The first-order valence-electron chi connectivity index (χ1n) is 6.50. The SMILES string of the molecule is Cc1nccc(CNC(=O)CC2CCCNC2)n1. The Hall–Kier alpha value is -1.49. The van der Waals surface area contributed by atoms with Gasteiger partial charge in [-0.25, -0.2) is 9.97 Å². The highest BCUT2D eigenvalue weighted by atomic mass is 16.1. The van der Waals surface area contributed by atoms with Gasteiger partial charge in [-0.1, -0.05) is 0 Å². The van der Waals surface area contributed by atoms with Gasteiger partial charge < -0.3 is 10.6 Å². The van der Waals surface area contributed by atoms with Crippen molar-refractivity contribution in [2.75, 3.05) is 13.1 Å². The van der Waals surface area contributed by atoms with Gasteiger partial charge in [0, 0.05) is 12.6 Å². The lowest BCUT2D eigenvalue weighted by molar-refractivity contribution is -0.122. The van der Waals surface area contributed by atoms with Crippen LogP contribution in [0.25, 0.3) is 0 Å². The Kier molecular flexibility index (Phi) is 4.64. The quantitative estimate of drug-likeness (QED) is 0.826. The molecular weight excluding hydrogens is 228 g/mol. The van der Waals surface area contributed by atoms with E-state index in [-0.39, 0.29) is 5.91 Å². The fraction of sp³-hybridized carbons (Fsp3) is 0.615. The van der Waals surface area contributed by atoms with E-state index in [2.05, 4.69) is 20.6 Å². The minimum Gasteiger partial charge on any atom is -0.350 e. The smallest absolute Gasteiger partial charge is 0.220 e. The second kappa shape index (κ2) is 6.44. The Morgan fingerprint density at radius 1 is 1.61 bits per heavy atom. The van der Waals surface area contributed by atoms with Crippen molar-refractivity contribution in [1.29, 1.82) is 0 Å². The summed E-state index contributed by atoms with van der Waals surface area (Å²) in [5.41, 5.74) is 0.859. The Morgan fingerprint density at radius 3 is 3.22 bits per heavy atom. The van der Waals surface area contributed by atoms with Gasteiger partial charge in [-0.2, -0.15) is 0 Å². The van der Waals surface area contributed by atoms with Gasteiger partial charge in [0.05, 0.1) is 12.2 Å². The molecule has 0 bridgehead atoms. The third-order valence-corrected chi connectivity index (χ3v) is 3.17. The zero-order valence-corrected chi connectivity index (χ0v) is 10.8. The molecule has 0 radical (unpaired) electrons. The largest absolute Gasteiger partial charge is 0.350 e. The maximum Gasteiger partial charge on any atom is 0.220 e. The number of carbonyl (C=O) groups is 1. The van der Waals surface area contributed by atoms with E-state index in [0.29, 0.717) is 18.9 Å². The predicted octanol–water partition coefficient (Wildman–Crippen LogP) is 0.791. The standard InChI is InChI=1S/C13H20N4O/c1-10-15-6-4-12(17-10)9-16-13(18)7-11-3-2-5-14-8-11/h4,6,11,14H,2-3,5,7-9H2,1H3,(H,16,18). The van der Waals surface area contributed by atoms with Gasteiger partial charge >= 0.3 is 0 Å². The monoisotopic (exact) mass is 248 g/mol. The molecule has 5 heteroatoms. The van der Waals surface area contributed by atoms with Crippen LogP contribution in [0.5, 0.6) is 0 Å². The van der Waals surface area contributed by atoms with Crippen molar-refractivity contribution < 1.29 is 4.79 Å². The van der Waals surface area contributed by atoms with Gasteiger partial charge in [0.25, 0.3) is 0 Å². The van der Waals surface area contributed by atoms with Crippen molar-refractivity contribution in [3.05, 3.63) is 23.8 Å². The van der Waals surface area contributed by atoms with E-state index in [9.17, 15) is 4.79 Å². The molecule has 1 aliphatic heterocycles. The van der Waals surface area contributed by atoms with Crippen molar-refractivity contribution in [1.82, 2.24) is 20.6 Å². The fourth-order valence-electron chi connectivity index (χ4n) is 2.23. The van der Waals surface area contributed by atoms with E-state index in [1.165, 1.54) is 6.42 Å². The first kappa shape index (κ1) is 13.0. The molecule has 0 spiro atoms. The van der Waals surface area contributed by atoms with Crippen LogP contribution < -0.4 is 10.6 Å². The maximum atomic E-state index is 11.8. The van der Waals surface area contributed by atoms with Crippen molar-refractivity contribution in [3.63, 3.8) is 0 Å². The first-order chi connectivity index (χ1) is 8.74. The second-order valence-electron chi connectivity index (χ2n) is 4.79. The zero-order chi connectivity index (χ0) is 12.8. The summed E-state index contributed by atoms with van der Waals surface area (Å²) in [7, 11) is 0. The average Bonchev–Trinajstić information content (AvgIpc) is 2.38. The molecule has 1 aromatic rings. The molecule has 5 nitrogen and oxygen atoms in total. The van der Waals surface area contributed by atoms with E-state index in [0.717, 1.165) is 31.0 Å². The molecule has 1 fully saturated rings. The zero-order valence-electron chi connectivity index (χ0n) is 10.8. The third kappa shape index (κ3) is 4.07. The number of aryl methyl sites for hydroxylation is 1. The predicted molar refractivity (Wildman–Crippen MR) is 68.8 cm³/mol. The average molecular weight is 248 g/mol. The highest BCUT2D eigenvalue weighted by molar-refractivity contribution is 5.76. The molecule has 1 saturated heterocycles. The highest BCUT2D eigenvalue weighted by Crippen LogP contribution is 2.13. The minimum atomic E-state index is 0.111. The van der Waals surface area contributed by atoms with Gasteiger partial charge in [0.2, 0.25) is 5.91 Å². The Morgan fingerprint density at radius 2 is 2.50 bits per heavy atom. The first-order valence-corrected chi connectivity index (χ1v) is 6.50. The summed E-state index contributed by atoms with van der Waals surface area (Å²) >= 11 is 0. The number of nitrogens with one attached hydrogen (secondary N) is 2. The van der Waals surface area contributed by atoms with Crippen LogP contribution in [-0.2, 0) is 11.3 Å². The van der Waals surface area contributed by atoms with E-state index < -0.39 is 0 Å². The number of aromatic nitrogens is 2. The number of amides is 1. The normalized spacial score (nSPS) is 19.5. The minimum absolute atomic E-state index is 0.111. The van der Waals surface area contributed by atoms with Gasteiger partial charge in [0.1, 0.15) is 5.82 Å².